The number of aromatic nitrogens is 1. The number of nitrogens with zero attached hydrogens (tertiary/aromatic N) is 2. The molecule has 2 amide bonds. The Bertz CT molecular complexity index is 1540. The minimum atomic E-state index is -5.00. The standard InChI is InChI=1S/C28H28F5N5O3/c1-14-12-38(13-15(2)37(14)4)24-10-22(30)18(16-5-6-17(21(29)7-16)26(40)34-3)8-23(24)36-27(41)19-11-35-25(39)9-20(19)28(31,32)33/h5-11,14-15H,12-13H2,1-4H3,(H,34,40)(H,35,39)(H,36,41)/t14-,15+. The van der Waals surface area contributed by atoms with Crippen LogP contribution in [0.4, 0.5) is 33.3 Å². The van der Waals surface area contributed by atoms with Gasteiger partial charge >= 0.3 is 6.18 Å². The number of carbonyl (C=O) groups is 2. The number of H-pyrrole nitrogens is 1. The van der Waals surface area contributed by atoms with E-state index in [0.29, 0.717) is 19.3 Å². The van der Waals surface area contributed by atoms with E-state index in [1.807, 2.05) is 25.8 Å². The number of carbonyl (C=O) groups excluding carboxylic acids is 2. The first-order chi connectivity index (χ1) is 19.2. The Hall–Kier alpha value is -4.26. The lowest BCUT2D eigenvalue weighted by atomic mass is 9.99. The monoisotopic (exact) mass is 577 g/mol. The number of rotatable bonds is 5. The van der Waals surface area contributed by atoms with Crippen LogP contribution in [0.25, 0.3) is 11.1 Å². The second-order valence-electron chi connectivity index (χ2n) is 9.97. The number of nitrogens with one attached hydrogen (secondary N) is 3. The first-order valence-electron chi connectivity index (χ1n) is 12.6. The number of pyridine rings is 1. The van der Waals surface area contributed by atoms with Crippen LogP contribution in [0.5, 0.6) is 0 Å². The van der Waals surface area contributed by atoms with Crippen molar-refractivity contribution in [1.82, 2.24) is 15.2 Å². The molecule has 1 aliphatic heterocycles. The van der Waals surface area contributed by atoms with Crippen molar-refractivity contribution in [1.29, 1.82) is 0 Å². The van der Waals surface area contributed by atoms with E-state index in [9.17, 15) is 31.9 Å². The molecule has 2 atom stereocenters. The second-order valence-corrected chi connectivity index (χ2v) is 9.97. The van der Waals surface area contributed by atoms with Gasteiger partial charge in [-0.05, 0) is 50.7 Å². The van der Waals surface area contributed by atoms with Gasteiger partial charge in [0.1, 0.15) is 11.6 Å². The second kappa shape index (κ2) is 11.3. The molecule has 13 heteroatoms. The molecule has 0 unspecified atom stereocenters. The van der Waals surface area contributed by atoms with Gasteiger partial charge in [0.15, 0.2) is 0 Å². The lowest BCUT2D eigenvalue weighted by Gasteiger charge is -2.44. The van der Waals surface area contributed by atoms with E-state index in [2.05, 4.69) is 20.5 Å². The number of hydrogen-bond acceptors (Lipinski definition) is 5. The van der Waals surface area contributed by atoms with E-state index in [4.69, 9.17) is 0 Å². The molecule has 1 aromatic heterocycles. The first kappa shape index (κ1) is 29.7. The van der Waals surface area contributed by atoms with Gasteiger partial charge < -0.3 is 20.5 Å². The van der Waals surface area contributed by atoms with E-state index in [1.54, 1.807) is 0 Å². The number of hydrogen-bond donors (Lipinski definition) is 3. The molecule has 0 spiro atoms. The summed E-state index contributed by atoms with van der Waals surface area (Å²) in [5.74, 6) is -3.56. The number of likely N-dealkylation sites (N-methyl/N-ethyl adjacent to an activating group) is 1. The quantitative estimate of drug-likeness (QED) is 0.389. The maximum absolute atomic E-state index is 15.6. The van der Waals surface area contributed by atoms with Crippen molar-refractivity contribution in [2.24, 2.45) is 0 Å². The third-order valence-electron chi connectivity index (χ3n) is 7.26. The molecule has 2 aromatic carbocycles. The van der Waals surface area contributed by atoms with Gasteiger partial charge in [0.25, 0.3) is 11.8 Å². The van der Waals surface area contributed by atoms with Crippen LogP contribution in [-0.4, -0.2) is 61.0 Å². The largest absolute Gasteiger partial charge is 0.417 e. The highest BCUT2D eigenvalue weighted by atomic mass is 19.4. The van der Waals surface area contributed by atoms with Crippen LogP contribution >= 0.6 is 0 Å². The predicted octanol–water partition coefficient (Wildman–Crippen LogP) is 4.48. The molecule has 1 fully saturated rings. The van der Waals surface area contributed by atoms with Crippen molar-refractivity contribution in [2.45, 2.75) is 32.1 Å². The fraction of sp³-hybridized carbons (Fsp3) is 0.321. The Morgan fingerprint density at radius 3 is 2.20 bits per heavy atom. The molecule has 1 aliphatic rings. The third kappa shape index (κ3) is 6.09. The Morgan fingerprint density at radius 1 is 0.951 bits per heavy atom. The Balaban J connectivity index is 1.83. The number of piperazine rings is 1. The first-order valence-corrected chi connectivity index (χ1v) is 12.6. The summed E-state index contributed by atoms with van der Waals surface area (Å²) in [7, 11) is 3.26. The summed E-state index contributed by atoms with van der Waals surface area (Å²) in [6.07, 6.45) is -4.33. The smallest absolute Gasteiger partial charge is 0.367 e. The van der Waals surface area contributed by atoms with Crippen LogP contribution in [0.3, 0.4) is 0 Å². The van der Waals surface area contributed by atoms with Crippen molar-refractivity contribution in [3.63, 3.8) is 0 Å². The summed E-state index contributed by atoms with van der Waals surface area (Å²) in [5, 5.41) is 4.75. The van der Waals surface area contributed by atoms with E-state index in [0.717, 1.165) is 12.1 Å². The van der Waals surface area contributed by atoms with Gasteiger partial charge in [-0.3, -0.25) is 19.3 Å². The number of aromatic amines is 1. The van der Waals surface area contributed by atoms with Gasteiger partial charge in [0.2, 0.25) is 5.56 Å². The third-order valence-corrected chi connectivity index (χ3v) is 7.26. The highest BCUT2D eigenvalue weighted by Crippen LogP contribution is 2.37. The molecule has 0 radical (unpaired) electrons. The molecule has 4 rings (SSSR count). The molecule has 41 heavy (non-hydrogen) atoms. The average Bonchev–Trinajstić information content (AvgIpc) is 2.91. The van der Waals surface area contributed by atoms with Crippen LogP contribution in [0.15, 0.2) is 47.4 Å². The van der Waals surface area contributed by atoms with Crippen molar-refractivity contribution >= 4 is 23.2 Å². The van der Waals surface area contributed by atoms with Crippen LogP contribution in [0.2, 0.25) is 0 Å². The van der Waals surface area contributed by atoms with Crippen molar-refractivity contribution in [3.05, 3.63) is 81.3 Å². The van der Waals surface area contributed by atoms with Crippen LogP contribution in [0, 0.1) is 11.6 Å². The normalized spacial score (nSPS) is 17.8. The lowest BCUT2D eigenvalue weighted by molar-refractivity contribution is -0.138. The zero-order valence-corrected chi connectivity index (χ0v) is 22.6. The fourth-order valence-electron chi connectivity index (χ4n) is 4.83. The van der Waals surface area contributed by atoms with Gasteiger partial charge in [-0.1, -0.05) is 6.07 Å². The SMILES string of the molecule is CNC(=O)c1ccc(-c2cc(NC(=O)c3c[nH]c(=O)cc3C(F)(F)F)c(N3C[C@@H](C)N(C)[C@@H](C)C3)cc2F)cc1F. The zero-order valence-electron chi connectivity index (χ0n) is 22.6. The lowest BCUT2D eigenvalue weighted by Crippen LogP contribution is -2.55. The van der Waals surface area contributed by atoms with E-state index in [-0.39, 0.29) is 46.2 Å². The van der Waals surface area contributed by atoms with Gasteiger partial charge in [0.05, 0.1) is 28.1 Å². The molecule has 3 aromatic rings. The topological polar surface area (TPSA) is 97.5 Å². The number of benzene rings is 2. The molecular weight excluding hydrogens is 549 g/mol. The summed E-state index contributed by atoms with van der Waals surface area (Å²) in [6, 6.07) is 6.13. The van der Waals surface area contributed by atoms with E-state index < -0.39 is 46.3 Å². The zero-order chi connectivity index (χ0) is 30.2. The molecule has 1 saturated heterocycles. The van der Waals surface area contributed by atoms with Crippen LogP contribution in [0.1, 0.15) is 40.1 Å². The molecule has 0 saturated carbocycles. The molecule has 3 N–H and O–H groups in total. The molecule has 218 valence electrons. The Kier molecular flexibility index (Phi) is 8.20. The maximum Gasteiger partial charge on any atom is 0.417 e. The van der Waals surface area contributed by atoms with Gasteiger partial charge in [-0.2, -0.15) is 13.2 Å². The molecule has 0 bridgehead atoms. The minimum absolute atomic E-state index is 0.0208. The van der Waals surface area contributed by atoms with Gasteiger partial charge in [-0.15, -0.1) is 0 Å². The van der Waals surface area contributed by atoms with Gasteiger partial charge in [-0.25, -0.2) is 8.78 Å². The van der Waals surface area contributed by atoms with E-state index >= 15 is 4.39 Å². The maximum atomic E-state index is 15.6. The van der Waals surface area contributed by atoms with Crippen LogP contribution < -0.4 is 21.1 Å². The minimum Gasteiger partial charge on any atom is -0.367 e. The van der Waals surface area contributed by atoms with Gasteiger partial charge in [0, 0.05) is 50.0 Å². The number of alkyl halides is 3. The van der Waals surface area contributed by atoms with E-state index in [1.165, 1.54) is 25.2 Å². The number of anilines is 2. The summed E-state index contributed by atoms with van der Waals surface area (Å²) >= 11 is 0. The Morgan fingerprint density at radius 2 is 1.61 bits per heavy atom. The van der Waals surface area contributed by atoms with Crippen molar-refractivity contribution < 1.29 is 31.5 Å². The highest BCUT2D eigenvalue weighted by molar-refractivity contribution is 6.07. The number of halogens is 5. The molecule has 0 aliphatic carbocycles. The van der Waals surface area contributed by atoms with Crippen LogP contribution in [-0.2, 0) is 6.18 Å². The Labute approximate surface area is 232 Å². The predicted molar refractivity (Wildman–Crippen MR) is 144 cm³/mol. The molecule has 2 heterocycles. The van der Waals surface area contributed by atoms with Crippen molar-refractivity contribution in [2.75, 3.05) is 37.4 Å². The number of amides is 2. The molecule has 8 nitrogen and oxygen atoms in total. The highest BCUT2D eigenvalue weighted by Gasteiger charge is 2.36. The fourth-order valence-corrected chi connectivity index (χ4v) is 4.83. The summed E-state index contributed by atoms with van der Waals surface area (Å²) in [5.41, 5.74) is -3.50. The average molecular weight is 578 g/mol. The summed E-state index contributed by atoms with van der Waals surface area (Å²) in [4.78, 5) is 42.7. The summed E-state index contributed by atoms with van der Waals surface area (Å²) < 4.78 is 71.3. The summed E-state index contributed by atoms with van der Waals surface area (Å²) in [6.45, 7) is 4.76. The molecular formula is C28H28F5N5O3. The van der Waals surface area contributed by atoms with Crippen molar-refractivity contribution in [3.8, 4) is 11.1 Å².